The van der Waals surface area contributed by atoms with Crippen LogP contribution in [0.5, 0.6) is 0 Å². The molecule has 0 amide bonds. The fourth-order valence-corrected chi connectivity index (χ4v) is 3.71. The number of hydrogen-bond donors (Lipinski definition) is 0. The molecule has 0 radical (unpaired) electrons. The minimum Gasteiger partial charge on any atom is -0.335 e. The summed E-state index contributed by atoms with van der Waals surface area (Å²) in [7, 11) is 0. The van der Waals surface area contributed by atoms with Crippen molar-refractivity contribution in [3.05, 3.63) is 108 Å². The van der Waals surface area contributed by atoms with Crippen LogP contribution >= 0.6 is 0 Å². The van der Waals surface area contributed by atoms with Crippen molar-refractivity contribution in [2.45, 2.75) is 26.2 Å². The van der Waals surface area contributed by atoms with Crippen LogP contribution in [0.25, 0.3) is 0 Å². The molecule has 0 saturated carbocycles. The number of benzene rings is 2. The molecule has 0 aromatic heterocycles. The van der Waals surface area contributed by atoms with E-state index in [2.05, 4.69) is 42.7 Å². The Hall–Kier alpha value is -3.47. The van der Waals surface area contributed by atoms with Crippen LogP contribution in [0.3, 0.4) is 0 Å². The van der Waals surface area contributed by atoms with Crippen LogP contribution in [0.2, 0.25) is 0 Å². The van der Waals surface area contributed by atoms with Gasteiger partial charge in [-0.25, -0.2) is 13.8 Å². The highest BCUT2D eigenvalue weighted by Gasteiger charge is 2.24. The zero-order chi connectivity index (χ0) is 21.8. The first-order valence-electron chi connectivity index (χ1n) is 10.4. The van der Waals surface area contributed by atoms with Gasteiger partial charge in [0.15, 0.2) is 0 Å². The van der Waals surface area contributed by atoms with E-state index >= 15 is 0 Å². The van der Waals surface area contributed by atoms with Crippen molar-refractivity contribution < 1.29 is 8.78 Å². The molecule has 0 saturated heterocycles. The van der Waals surface area contributed by atoms with Crippen molar-refractivity contribution in [1.82, 2.24) is 0 Å². The second-order valence-electron chi connectivity index (χ2n) is 7.55. The highest BCUT2D eigenvalue weighted by molar-refractivity contribution is 6.17. The standard InChI is InChI=1S/C26H25F2N3/c1-3-20-12-13-24(30(18-20)22-9-5-4-6-10-22)26-19(2)14-15-31(29-26)23-11-7-8-21(16-23)17-25(27)28/h4-16,25H,2-3,17-18H2,1H3. The molecule has 5 heteroatoms. The fraction of sp³-hybridized carbons (Fsp3) is 0.192. The van der Waals surface area contributed by atoms with Gasteiger partial charge in [-0.1, -0.05) is 55.5 Å². The molecule has 0 bridgehead atoms. The Morgan fingerprint density at radius 3 is 2.55 bits per heavy atom. The Morgan fingerprint density at radius 1 is 1.03 bits per heavy atom. The Labute approximate surface area is 182 Å². The number of anilines is 2. The molecule has 158 valence electrons. The van der Waals surface area contributed by atoms with Gasteiger partial charge in [0, 0.05) is 24.9 Å². The molecule has 0 fully saturated rings. The number of halogens is 2. The third-order valence-corrected chi connectivity index (χ3v) is 5.39. The van der Waals surface area contributed by atoms with Crippen molar-refractivity contribution in [3.8, 4) is 0 Å². The number of hydrogen-bond acceptors (Lipinski definition) is 3. The van der Waals surface area contributed by atoms with Crippen molar-refractivity contribution in [2.24, 2.45) is 5.10 Å². The van der Waals surface area contributed by atoms with Gasteiger partial charge in [0.25, 0.3) is 0 Å². The zero-order valence-electron chi connectivity index (χ0n) is 17.5. The lowest BCUT2D eigenvalue weighted by atomic mass is 10.0. The Balaban J connectivity index is 1.71. The number of alkyl halides is 2. The molecule has 2 aliphatic heterocycles. The number of hydrazone groups is 1. The summed E-state index contributed by atoms with van der Waals surface area (Å²) < 4.78 is 25.7. The normalized spacial score (nSPS) is 16.4. The number of para-hydroxylation sites is 1. The quantitative estimate of drug-likeness (QED) is 0.536. The lowest BCUT2D eigenvalue weighted by Crippen LogP contribution is -2.34. The van der Waals surface area contributed by atoms with Gasteiger partial charge in [0.2, 0.25) is 6.43 Å². The molecular weight excluding hydrogens is 392 g/mol. The number of nitrogens with zero attached hydrogens (tertiary/aromatic N) is 3. The second kappa shape index (κ2) is 9.13. The molecule has 31 heavy (non-hydrogen) atoms. The maximum Gasteiger partial charge on any atom is 0.242 e. The fourth-order valence-electron chi connectivity index (χ4n) is 3.71. The van der Waals surface area contributed by atoms with Crippen molar-refractivity contribution >= 4 is 17.1 Å². The minimum atomic E-state index is -2.38. The first-order chi connectivity index (χ1) is 15.0. The van der Waals surface area contributed by atoms with E-state index in [-0.39, 0.29) is 6.42 Å². The predicted molar refractivity (Wildman–Crippen MR) is 125 cm³/mol. The topological polar surface area (TPSA) is 18.8 Å². The van der Waals surface area contributed by atoms with Gasteiger partial charge in [0.1, 0.15) is 5.71 Å². The van der Waals surface area contributed by atoms with Crippen molar-refractivity contribution in [2.75, 3.05) is 16.5 Å². The van der Waals surface area contributed by atoms with E-state index in [4.69, 9.17) is 5.10 Å². The minimum absolute atomic E-state index is 0.272. The Morgan fingerprint density at radius 2 is 1.81 bits per heavy atom. The van der Waals surface area contributed by atoms with Crippen LogP contribution < -0.4 is 9.91 Å². The van der Waals surface area contributed by atoms with E-state index in [0.717, 1.165) is 41.3 Å². The van der Waals surface area contributed by atoms with Gasteiger partial charge >= 0.3 is 0 Å². The van der Waals surface area contributed by atoms with Crippen LogP contribution in [-0.2, 0) is 6.42 Å². The van der Waals surface area contributed by atoms with E-state index in [0.29, 0.717) is 5.56 Å². The monoisotopic (exact) mass is 417 g/mol. The summed E-state index contributed by atoms with van der Waals surface area (Å²) in [4.78, 5) is 2.24. The van der Waals surface area contributed by atoms with Crippen LogP contribution in [0.4, 0.5) is 20.2 Å². The molecular formula is C26H25F2N3. The molecule has 0 atom stereocenters. The highest BCUT2D eigenvalue weighted by Crippen LogP contribution is 2.30. The lowest BCUT2D eigenvalue weighted by Gasteiger charge is -2.33. The zero-order valence-corrected chi connectivity index (χ0v) is 17.5. The molecule has 0 unspecified atom stereocenters. The van der Waals surface area contributed by atoms with Crippen LogP contribution in [-0.4, -0.2) is 18.7 Å². The summed E-state index contributed by atoms with van der Waals surface area (Å²) in [5.41, 5.74) is 6.28. The third kappa shape index (κ3) is 4.66. The average Bonchev–Trinajstić information content (AvgIpc) is 2.79. The van der Waals surface area contributed by atoms with Crippen LogP contribution in [0.15, 0.2) is 108 Å². The van der Waals surface area contributed by atoms with Gasteiger partial charge in [-0.05, 0) is 54.0 Å². The van der Waals surface area contributed by atoms with E-state index < -0.39 is 6.43 Å². The van der Waals surface area contributed by atoms with E-state index in [1.165, 1.54) is 5.57 Å². The van der Waals surface area contributed by atoms with Crippen LogP contribution in [0.1, 0.15) is 18.9 Å². The molecule has 0 spiro atoms. The van der Waals surface area contributed by atoms with Gasteiger partial charge in [-0.2, -0.15) is 5.10 Å². The van der Waals surface area contributed by atoms with Crippen LogP contribution in [0, 0.1) is 0 Å². The molecule has 2 aromatic rings. The Bertz CT molecular complexity index is 1080. The summed E-state index contributed by atoms with van der Waals surface area (Å²) in [6.45, 7) is 7.13. The molecule has 0 N–H and O–H groups in total. The third-order valence-electron chi connectivity index (χ3n) is 5.39. The first-order valence-corrected chi connectivity index (χ1v) is 10.4. The van der Waals surface area contributed by atoms with Gasteiger partial charge in [-0.3, -0.25) is 0 Å². The van der Waals surface area contributed by atoms with E-state index in [9.17, 15) is 8.78 Å². The van der Waals surface area contributed by atoms with E-state index in [1.54, 1.807) is 23.2 Å². The largest absolute Gasteiger partial charge is 0.335 e. The summed E-state index contributed by atoms with van der Waals surface area (Å²) >= 11 is 0. The van der Waals surface area contributed by atoms with E-state index in [1.807, 2.05) is 36.5 Å². The molecule has 3 nitrogen and oxygen atoms in total. The SMILES string of the molecule is C=C1C=CN(c2cccc(CC(F)F)c2)N=C1C1=CC=C(CC)CN1c1ccccc1. The number of allylic oxidation sites excluding steroid dienone is 4. The Kier molecular flexibility index (Phi) is 6.12. The maximum absolute atomic E-state index is 12.8. The molecule has 2 heterocycles. The molecule has 2 aromatic carbocycles. The molecule has 4 rings (SSSR count). The maximum atomic E-state index is 12.8. The number of rotatable bonds is 6. The average molecular weight is 418 g/mol. The second-order valence-corrected chi connectivity index (χ2v) is 7.55. The summed E-state index contributed by atoms with van der Waals surface area (Å²) in [6, 6.07) is 17.3. The lowest BCUT2D eigenvalue weighted by molar-refractivity contribution is 0.149. The summed E-state index contributed by atoms with van der Waals surface area (Å²) in [5, 5.41) is 6.56. The van der Waals surface area contributed by atoms with Gasteiger partial charge < -0.3 is 4.90 Å². The highest BCUT2D eigenvalue weighted by atomic mass is 19.3. The van der Waals surface area contributed by atoms with Crippen molar-refractivity contribution in [3.63, 3.8) is 0 Å². The first kappa shape index (κ1) is 20.8. The van der Waals surface area contributed by atoms with Gasteiger partial charge in [-0.15, -0.1) is 0 Å². The molecule has 0 aliphatic carbocycles. The summed E-state index contributed by atoms with van der Waals surface area (Å²) in [6.07, 6.45) is 6.29. The van der Waals surface area contributed by atoms with Gasteiger partial charge in [0.05, 0.1) is 11.4 Å². The molecule has 2 aliphatic rings. The summed E-state index contributed by atoms with van der Waals surface area (Å²) in [5.74, 6) is 0. The predicted octanol–water partition coefficient (Wildman–Crippen LogP) is 6.48. The van der Waals surface area contributed by atoms with Crippen molar-refractivity contribution in [1.29, 1.82) is 0 Å². The smallest absolute Gasteiger partial charge is 0.242 e.